The van der Waals surface area contributed by atoms with Crippen LogP contribution in [0.4, 0.5) is 0 Å². The maximum atomic E-state index is 9.58. The van der Waals surface area contributed by atoms with Crippen LogP contribution in [-0.2, 0) is 6.54 Å². The maximum Gasteiger partial charge on any atom is 0.124 e. The summed E-state index contributed by atoms with van der Waals surface area (Å²) in [4.78, 5) is 8.54. The Balaban J connectivity index is 1.50. The van der Waals surface area contributed by atoms with Crippen molar-refractivity contribution in [2.75, 3.05) is 26.2 Å². The molecule has 0 spiro atoms. The molecule has 116 valence electrons. The number of phenolic OH excluding ortho intramolecular Hbond substituents is 1. The molecule has 0 fully saturated rings. The van der Waals surface area contributed by atoms with Gasteiger partial charge in [0.15, 0.2) is 0 Å². The fraction of sp³-hybridized carbons (Fsp3) is 0.294. The van der Waals surface area contributed by atoms with E-state index in [0.717, 1.165) is 37.4 Å². The highest BCUT2D eigenvalue weighted by Gasteiger charge is 1.94. The summed E-state index contributed by atoms with van der Waals surface area (Å²) in [6.45, 7) is 4.07. The molecule has 0 aliphatic rings. The third kappa shape index (κ3) is 6.03. The summed E-state index contributed by atoms with van der Waals surface area (Å²) in [5.74, 6) is 0.262. The summed E-state index contributed by atoms with van der Waals surface area (Å²) < 4.78 is 0. The Morgan fingerprint density at radius 2 is 1.82 bits per heavy atom. The molecule has 5 heteroatoms. The summed E-state index contributed by atoms with van der Waals surface area (Å²) in [5.41, 5.74) is 1.80. The minimum absolute atomic E-state index is 0.262. The van der Waals surface area contributed by atoms with Gasteiger partial charge >= 0.3 is 0 Å². The van der Waals surface area contributed by atoms with Crippen LogP contribution in [-0.4, -0.2) is 42.5 Å². The van der Waals surface area contributed by atoms with Gasteiger partial charge in [-0.25, -0.2) is 0 Å². The van der Waals surface area contributed by atoms with E-state index in [1.807, 2.05) is 30.3 Å². The average Bonchev–Trinajstić information content (AvgIpc) is 2.56. The average molecular weight is 298 g/mol. The zero-order valence-corrected chi connectivity index (χ0v) is 12.6. The Bertz CT molecular complexity index is 572. The van der Waals surface area contributed by atoms with E-state index in [-0.39, 0.29) is 5.75 Å². The minimum Gasteiger partial charge on any atom is -0.507 e. The third-order valence-electron chi connectivity index (χ3n) is 3.10. The number of nitrogens with one attached hydrogen (secondary N) is 2. The Morgan fingerprint density at radius 3 is 2.64 bits per heavy atom. The highest BCUT2D eigenvalue weighted by Crippen LogP contribution is 2.12. The lowest BCUT2D eigenvalue weighted by atomic mass is 10.2. The first-order chi connectivity index (χ1) is 10.9. The predicted molar refractivity (Wildman–Crippen MR) is 89.4 cm³/mol. The van der Waals surface area contributed by atoms with Crippen LogP contribution in [0.3, 0.4) is 0 Å². The molecule has 0 atom stereocenters. The van der Waals surface area contributed by atoms with Crippen molar-refractivity contribution in [3.05, 3.63) is 59.9 Å². The van der Waals surface area contributed by atoms with E-state index >= 15 is 0 Å². The first-order valence-electron chi connectivity index (χ1n) is 7.45. The van der Waals surface area contributed by atoms with Gasteiger partial charge in [-0.15, -0.1) is 0 Å². The van der Waals surface area contributed by atoms with E-state index in [4.69, 9.17) is 0 Å². The maximum absolute atomic E-state index is 9.58. The van der Waals surface area contributed by atoms with Gasteiger partial charge in [0.2, 0.25) is 0 Å². The van der Waals surface area contributed by atoms with Crippen molar-refractivity contribution in [3.63, 3.8) is 0 Å². The molecule has 0 unspecified atom stereocenters. The van der Waals surface area contributed by atoms with Crippen LogP contribution in [0.5, 0.6) is 5.75 Å². The number of para-hydroxylation sites is 1. The van der Waals surface area contributed by atoms with Crippen molar-refractivity contribution in [2.45, 2.75) is 6.54 Å². The smallest absolute Gasteiger partial charge is 0.124 e. The van der Waals surface area contributed by atoms with Crippen molar-refractivity contribution < 1.29 is 5.11 Å². The monoisotopic (exact) mass is 298 g/mol. The molecule has 0 aliphatic carbocycles. The van der Waals surface area contributed by atoms with Crippen molar-refractivity contribution >= 4 is 6.21 Å². The van der Waals surface area contributed by atoms with Gasteiger partial charge in [0, 0.05) is 44.2 Å². The minimum atomic E-state index is 0.262. The van der Waals surface area contributed by atoms with Crippen molar-refractivity contribution in [3.8, 4) is 5.75 Å². The first kappa shape index (κ1) is 16.1. The quantitative estimate of drug-likeness (QED) is 0.486. The normalized spacial score (nSPS) is 11.1. The van der Waals surface area contributed by atoms with Crippen LogP contribution in [0, 0.1) is 0 Å². The number of nitrogens with zero attached hydrogens (tertiary/aromatic N) is 2. The van der Waals surface area contributed by atoms with Crippen LogP contribution >= 0.6 is 0 Å². The van der Waals surface area contributed by atoms with Crippen molar-refractivity contribution in [1.29, 1.82) is 0 Å². The molecular formula is C17H22N4O. The van der Waals surface area contributed by atoms with Crippen molar-refractivity contribution in [1.82, 2.24) is 15.6 Å². The Kier molecular flexibility index (Phi) is 7.08. The van der Waals surface area contributed by atoms with Crippen LogP contribution < -0.4 is 10.6 Å². The number of pyridine rings is 1. The molecule has 1 aromatic heterocycles. The third-order valence-corrected chi connectivity index (χ3v) is 3.10. The van der Waals surface area contributed by atoms with E-state index in [9.17, 15) is 5.11 Å². The Hall–Kier alpha value is -2.24. The lowest BCUT2D eigenvalue weighted by Crippen LogP contribution is -2.28. The molecule has 1 heterocycles. The van der Waals surface area contributed by atoms with E-state index in [1.54, 1.807) is 24.5 Å². The molecule has 0 aliphatic heterocycles. The molecule has 0 radical (unpaired) electrons. The highest BCUT2D eigenvalue weighted by molar-refractivity contribution is 5.83. The van der Waals surface area contributed by atoms with Crippen LogP contribution in [0.15, 0.2) is 53.7 Å². The van der Waals surface area contributed by atoms with Gasteiger partial charge < -0.3 is 15.7 Å². The molecular weight excluding hydrogens is 276 g/mol. The second-order valence-corrected chi connectivity index (χ2v) is 4.84. The standard InChI is InChI=1S/C17H22N4O/c22-17-7-2-1-5-15(17)13-19-11-9-18-10-12-20-14-16-6-3-4-8-21-16/h1-8,13,18,20,22H,9-12,14H2. The number of phenols is 1. The van der Waals surface area contributed by atoms with E-state index < -0.39 is 0 Å². The van der Waals surface area contributed by atoms with Gasteiger partial charge in [-0.2, -0.15) is 0 Å². The zero-order chi connectivity index (χ0) is 15.5. The SMILES string of the molecule is Oc1ccccc1C=NCCNCCNCc1ccccn1. The zero-order valence-electron chi connectivity index (χ0n) is 12.6. The molecule has 22 heavy (non-hydrogen) atoms. The molecule has 5 nitrogen and oxygen atoms in total. The van der Waals surface area contributed by atoms with Gasteiger partial charge in [0.05, 0.1) is 12.2 Å². The summed E-state index contributed by atoms with van der Waals surface area (Å²) in [6.07, 6.45) is 3.51. The van der Waals surface area contributed by atoms with E-state index in [2.05, 4.69) is 20.6 Å². The predicted octanol–water partition coefficient (Wildman–Crippen LogP) is 1.59. The van der Waals surface area contributed by atoms with Gasteiger partial charge in [0.1, 0.15) is 5.75 Å². The Morgan fingerprint density at radius 1 is 1.00 bits per heavy atom. The van der Waals surface area contributed by atoms with Gasteiger partial charge in [-0.3, -0.25) is 9.98 Å². The highest BCUT2D eigenvalue weighted by atomic mass is 16.3. The number of hydrogen-bond donors (Lipinski definition) is 3. The topological polar surface area (TPSA) is 69.5 Å². The number of aliphatic imine (C=N–C) groups is 1. The number of benzene rings is 1. The molecule has 0 bridgehead atoms. The van der Waals surface area contributed by atoms with Gasteiger partial charge in [-0.1, -0.05) is 18.2 Å². The molecule has 0 saturated heterocycles. The molecule has 3 N–H and O–H groups in total. The summed E-state index contributed by atoms with van der Waals surface area (Å²) in [7, 11) is 0. The Labute approximate surface area is 131 Å². The lowest BCUT2D eigenvalue weighted by Gasteiger charge is -2.05. The molecule has 2 aromatic rings. The van der Waals surface area contributed by atoms with E-state index in [1.165, 1.54) is 0 Å². The lowest BCUT2D eigenvalue weighted by molar-refractivity contribution is 0.474. The fourth-order valence-electron chi connectivity index (χ4n) is 1.92. The number of aromatic hydroxyl groups is 1. The molecule has 1 aromatic carbocycles. The van der Waals surface area contributed by atoms with Gasteiger partial charge in [0.25, 0.3) is 0 Å². The van der Waals surface area contributed by atoms with Crippen LogP contribution in [0.25, 0.3) is 0 Å². The largest absolute Gasteiger partial charge is 0.507 e. The van der Waals surface area contributed by atoms with Crippen molar-refractivity contribution in [2.24, 2.45) is 4.99 Å². The molecule has 2 rings (SSSR count). The summed E-state index contributed by atoms with van der Waals surface area (Å²) in [5, 5.41) is 16.2. The summed E-state index contributed by atoms with van der Waals surface area (Å²) >= 11 is 0. The number of rotatable bonds is 9. The first-order valence-corrected chi connectivity index (χ1v) is 7.45. The van der Waals surface area contributed by atoms with Crippen LogP contribution in [0.1, 0.15) is 11.3 Å². The number of aromatic nitrogens is 1. The van der Waals surface area contributed by atoms with Gasteiger partial charge in [-0.05, 0) is 24.3 Å². The second-order valence-electron chi connectivity index (χ2n) is 4.84. The molecule has 0 amide bonds. The van der Waals surface area contributed by atoms with Crippen LogP contribution in [0.2, 0.25) is 0 Å². The second kappa shape index (κ2) is 9.65. The summed E-state index contributed by atoms with van der Waals surface area (Å²) in [6, 6.07) is 13.1. The number of hydrogen-bond acceptors (Lipinski definition) is 5. The molecule has 0 saturated carbocycles. The van der Waals surface area contributed by atoms with E-state index in [0.29, 0.717) is 6.54 Å². The fourth-order valence-corrected chi connectivity index (χ4v) is 1.92.